The lowest BCUT2D eigenvalue weighted by molar-refractivity contribution is -0.118. The van der Waals surface area contributed by atoms with E-state index in [-0.39, 0.29) is 36.5 Å². The van der Waals surface area contributed by atoms with E-state index in [1.807, 2.05) is 29.7 Å². The van der Waals surface area contributed by atoms with Gasteiger partial charge in [0.2, 0.25) is 5.91 Å². The minimum absolute atomic E-state index is 0.0119. The van der Waals surface area contributed by atoms with Crippen LogP contribution in [0, 0.1) is 5.21 Å². The van der Waals surface area contributed by atoms with Crippen LogP contribution in [0.15, 0.2) is 42.5 Å². The van der Waals surface area contributed by atoms with Crippen molar-refractivity contribution in [3.63, 3.8) is 0 Å². The van der Waals surface area contributed by atoms with Crippen LogP contribution in [0.25, 0.3) is 0 Å². The van der Waals surface area contributed by atoms with E-state index in [4.69, 9.17) is 10.5 Å². The van der Waals surface area contributed by atoms with Crippen LogP contribution in [0.1, 0.15) is 28.8 Å². The molecule has 1 fully saturated rings. The molecule has 0 saturated carbocycles. The summed E-state index contributed by atoms with van der Waals surface area (Å²) in [6.45, 7) is 1.32. The smallest absolute Gasteiger partial charge is 0.414 e. The van der Waals surface area contributed by atoms with Crippen molar-refractivity contribution in [2.45, 2.75) is 25.5 Å². The fourth-order valence-electron chi connectivity index (χ4n) is 4.44. The Kier molecular flexibility index (Phi) is 6.36. The standard InChI is InChI=1S/C23H26N5O5/c1-26(13-21(24)29)22(30)15-6-7-20(18(12-15)25-32)27-10-8-17(9-11-27)28-19-5-3-2-4-16(19)14-33-23(28)31/h2-7,12,17,25H,8-11,13-14H2,1H3,(H2,24,29)/q-1. The van der Waals surface area contributed by atoms with Gasteiger partial charge in [0, 0.05) is 43.0 Å². The van der Waals surface area contributed by atoms with Crippen molar-refractivity contribution in [1.29, 1.82) is 0 Å². The van der Waals surface area contributed by atoms with Crippen molar-refractivity contribution < 1.29 is 19.1 Å². The van der Waals surface area contributed by atoms with Crippen molar-refractivity contribution in [1.82, 2.24) is 4.90 Å². The lowest BCUT2D eigenvalue weighted by Gasteiger charge is -2.41. The number of rotatable bonds is 6. The number of hydrogen-bond acceptors (Lipinski definition) is 7. The van der Waals surface area contributed by atoms with E-state index in [0.29, 0.717) is 31.6 Å². The van der Waals surface area contributed by atoms with E-state index >= 15 is 0 Å². The van der Waals surface area contributed by atoms with Crippen LogP contribution < -0.4 is 21.0 Å². The summed E-state index contributed by atoms with van der Waals surface area (Å²) >= 11 is 0. The van der Waals surface area contributed by atoms with Gasteiger partial charge in [-0.15, -0.1) is 0 Å². The summed E-state index contributed by atoms with van der Waals surface area (Å²) < 4.78 is 5.35. The number of carbonyl (C=O) groups is 3. The molecule has 3 N–H and O–H groups in total. The van der Waals surface area contributed by atoms with Crippen LogP contribution in [0.4, 0.5) is 21.9 Å². The van der Waals surface area contributed by atoms with Gasteiger partial charge in [-0.05, 0) is 37.1 Å². The van der Waals surface area contributed by atoms with Crippen LogP contribution in [-0.2, 0) is 16.1 Å². The summed E-state index contributed by atoms with van der Waals surface area (Å²) in [5.74, 6) is -1.02. The van der Waals surface area contributed by atoms with Gasteiger partial charge >= 0.3 is 6.09 Å². The molecule has 10 heteroatoms. The highest BCUT2D eigenvalue weighted by Crippen LogP contribution is 2.34. The maximum Gasteiger partial charge on any atom is 0.414 e. The quantitative estimate of drug-likeness (QED) is 0.643. The van der Waals surface area contributed by atoms with Crippen LogP contribution >= 0.6 is 0 Å². The first kappa shape index (κ1) is 22.4. The third kappa shape index (κ3) is 4.56. The molecule has 0 atom stereocenters. The Morgan fingerprint density at radius 1 is 1.18 bits per heavy atom. The number of primary amides is 1. The molecule has 0 aromatic heterocycles. The number of nitrogens with zero attached hydrogens (tertiary/aromatic N) is 3. The first-order chi connectivity index (χ1) is 15.9. The maximum atomic E-state index is 12.5. The average Bonchev–Trinajstić information content (AvgIpc) is 2.83. The third-order valence-electron chi connectivity index (χ3n) is 6.06. The van der Waals surface area contributed by atoms with Crippen molar-refractivity contribution in [3.05, 3.63) is 58.8 Å². The number of anilines is 3. The Balaban J connectivity index is 1.47. The highest BCUT2D eigenvalue weighted by Gasteiger charge is 2.34. The molecule has 174 valence electrons. The van der Waals surface area contributed by atoms with Gasteiger partial charge in [-0.25, -0.2) is 4.79 Å². The number of nitrogens with one attached hydrogen (secondary N) is 1. The number of fused-ring (bicyclic) bond motifs is 1. The van der Waals surface area contributed by atoms with Crippen molar-refractivity contribution >= 4 is 35.0 Å². The number of piperidine rings is 1. The van der Waals surface area contributed by atoms with Gasteiger partial charge < -0.3 is 31.0 Å². The lowest BCUT2D eigenvalue weighted by atomic mass is 9.99. The molecular formula is C23H26N5O5-. The fraction of sp³-hybridized carbons (Fsp3) is 0.348. The van der Waals surface area contributed by atoms with E-state index in [9.17, 15) is 19.6 Å². The molecule has 10 nitrogen and oxygen atoms in total. The molecule has 2 aromatic rings. The molecule has 2 aliphatic rings. The molecule has 0 aliphatic carbocycles. The maximum absolute atomic E-state index is 12.5. The van der Waals surface area contributed by atoms with Gasteiger partial charge in [-0.3, -0.25) is 14.5 Å². The minimum atomic E-state index is -0.618. The second-order valence-corrected chi connectivity index (χ2v) is 8.23. The molecule has 0 spiro atoms. The Hall–Kier alpha value is -3.79. The largest absolute Gasteiger partial charge is 0.761 e. The number of hydrogen-bond donors (Lipinski definition) is 2. The van der Waals surface area contributed by atoms with Crippen LogP contribution in [0.3, 0.4) is 0 Å². The molecule has 33 heavy (non-hydrogen) atoms. The predicted octanol–water partition coefficient (Wildman–Crippen LogP) is 2.28. The van der Waals surface area contributed by atoms with E-state index in [1.54, 1.807) is 17.0 Å². The molecule has 1 saturated heterocycles. The Morgan fingerprint density at radius 2 is 1.91 bits per heavy atom. The zero-order chi connectivity index (χ0) is 23.5. The van der Waals surface area contributed by atoms with Gasteiger partial charge in [-0.1, -0.05) is 18.2 Å². The Bertz CT molecular complexity index is 1070. The van der Waals surface area contributed by atoms with E-state index in [2.05, 4.69) is 4.90 Å². The number of carbonyl (C=O) groups excluding carboxylic acids is 3. The van der Waals surface area contributed by atoms with Crippen molar-refractivity contribution in [2.24, 2.45) is 5.73 Å². The van der Waals surface area contributed by atoms with Crippen LogP contribution in [0.2, 0.25) is 0 Å². The number of amides is 3. The number of para-hydroxylation sites is 1. The van der Waals surface area contributed by atoms with Crippen molar-refractivity contribution in [2.75, 3.05) is 42.0 Å². The molecule has 0 bridgehead atoms. The summed E-state index contributed by atoms with van der Waals surface area (Å²) in [6, 6.07) is 12.5. The number of cyclic esters (lactones) is 1. The van der Waals surface area contributed by atoms with E-state index < -0.39 is 11.8 Å². The van der Waals surface area contributed by atoms with Crippen LogP contribution in [-0.4, -0.2) is 55.5 Å². The Labute approximate surface area is 191 Å². The van der Waals surface area contributed by atoms with E-state index in [1.165, 1.54) is 18.0 Å². The highest BCUT2D eigenvalue weighted by atomic mass is 16.6. The average molecular weight is 452 g/mol. The number of nitrogens with two attached hydrogens (primary N) is 1. The fourth-order valence-corrected chi connectivity index (χ4v) is 4.44. The van der Waals surface area contributed by atoms with Gasteiger partial charge in [0.15, 0.2) is 0 Å². The van der Waals surface area contributed by atoms with E-state index in [0.717, 1.165) is 11.3 Å². The van der Waals surface area contributed by atoms with Crippen LogP contribution in [0.5, 0.6) is 0 Å². The first-order valence-electron chi connectivity index (χ1n) is 10.7. The molecule has 0 unspecified atom stereocenters. The minimum Gasteiger partial charge on any atom is -0.761 e. The first-order valence-corrected chi connectivity index (χ1v) is 10.7. The molecule has 3 amide bonds. The SMILES string of the molecule is CN(CC(N)=O)C(=O)c1ccc(N2CCC(N3C(=O)OCc4ccccc43)CC2)c(N[O-])c1. The number of likely N-dealkylation sites (N-methyl/N-ethyl adjacent to an activating group) is 1. The number of ether oxygens (including phenoxy) is 1. The summed E-state index contributed by atoms with van der Waals surface area (Å²) in [5, 5.41) is 11.7. The topological polar surface area (TPSA) is 131 Å². The zero-order valence-electron chi connectivity index (χ0n) is 18.3. The summed E-state index contributed by atoms with van der Waals surface area (Å²) in [7, 11) is 1.47. The van der Waals surface area contributed by atoms with Gasteiger partial charge in [0.05, 0.1) is 17.9 Å². The molecule has 2 heterocycles. The molecular weight excluding hydrogens is 426 g/mol. The summed E-state index contributed by atoms with van der Waals surface area (Å²) in [6.07, 6.45) is 1.06. The molecule has 2 aliphatic heterocycles. The van der Waals surface area contributed by atoms with Crippen molar-refractivity contribution in [3.8, 4) is 0 Å². The number of benzene rings is 2. The Morgan fingerprint density at radius 3 is 2.61 bits per heavy atom. The molecule has 2 aromatic carbocycles. The summed E-state index contributed by atoms with van der Waals surface area (Å²) in [5.41, 5.74) is 10.2. The second-order valence-electron chi connectivity index (χ2n) is 8.23. The van der Waals surface area contributed by atoms with Gasteiger partial charge in [0.25, 0.3) is 5.91 Å². The third-order valence-corrected chi connectivity index (χ3v) is 6.06. The summed E-state index contributed by atoms with van der Waals surface area (Å²) in [4.78, 5) is 41.1. The monoisotopic (exact) mass is 452 g/mol. The lowest BCUT2D eigenvalue weighted by Crippen LogP contribution is -2.49. The predicted molar refractivity (Wildman–Crippen MR) is 124 cm³/mol. The van der Waals surface area contributed by atoms with Gasteiger partial charge in [-0.2, -0.15) is 0 Å². The highest BCUT2D eigenvalue weighted by molar-refractivity contribution is 5.98. The molecule has 4 rings (SSSR count). The van der Waals surface area contributed by atoms with Gasteiger partial charge in [0.1, 0.15) is 6.61 Å². The zero-order valence-corrected chi connectivity index (χ0v) is 18.3. The molecule has 0 radical (unpaired) electrons. The second kappa shape index (κ2) is 9.37. The normalized spacial score (nSPS) is 16.1.